The molecule has 0 aliphatic rings. The molecule has 3 aromatic carbocycles. The molecule has 0 radical (unpaired) electrons. The highest BCUT2D eigenvalue weighted by Crippen LogP contribution is 2.27. The molecule has 0 saturated heterocycles. The van der Waals surface area contributed by atoms with E-state index in [1.807, 2.05) is 0 Å². The molecule has 0 fully saturated rings. The normalized spacial score (nSPS) is 11.5. The number of carbonyl (C=O) groups excluding carboxylic acids is 2. The highest BCUT2D eigenvalue weighted by atomic mass is 35.5. The van der Waals surface area contributed by atoms with Crippen molar-refractivity contribution in [2.45, 2.75) is 11.3 Å². The molecule has 0 bridgehead atoms. The average Bonchev–Trinajstić information content (AvgIpc) is 3.18. The lowest BCUT2D eigenvalue weighted by Gasteiger charge is -2.08. The van der Waals surface area contributed by atoms with Gasteiger partial charge < -0.3 is 5.32 Å². The molecule has 0 aliphatic heterocycles. The van der Waals surface area contributed by atoms with E-state index < -0.39 is 27.7 Å². The second-order valence-corrected chi connectivity index (χ2v) is 9.09. The first-order valence-corrected chi connectivity index (χ1v) is 11.4. The second kappa shape index (κ2) is 8.74. The molecular weight excluding hydrogens is 471 g/mol. The van der Waals surface area contributed by atoms with Crippen LogP contribution in [-0.2, 0) is 21.2 Å². The summed E-state index contributed by atoms with van der Waals surface area (Å²) < 4.78 is 38.5. The summed E-state index contributed by atoms with van der Waals surface area (Å²) in [4.78, 5) is 24.9. The molecule has 11 heteroatoms. The molecule has 0 aliphatic carbocycles. The Bertz CT molecular complexity index is 1500. The molecule has 4 aromatic rings. The number of nitrogens with zero attached hydrogens (tertiary/aromatic N) is 2. The number of primary sulfonamides is 1. The van der Waals surface area contributed by atoms with Crippen molar-refractivity contribution in [3.05, 3.63) is 88.8 Å². The maximum absolute atomic E-state index is 13.2. The first kappa shape index (κ1) is 22.6. The van der Waals surface area contributed by atoms with Gasteiger partial charge in [-0.15, -0.1) is 0 Å². The number of nitrogens with one attached hydrogen (secondary N) is 1. The molecule has 168 valence electrons. The number of halogens is 2. The number of rotatable bonds is 5. The van der Waals surface area contributed by atoms with Crippen LogP contribution >= 0.6 is 11.6 Å². The minimum atomic E-state index is -4.22. The molecule has 3 N–H and O–H groups in total. The van der Waals surface area contributed by atoms with Crippen LogP contribution in [0.4, 0.5) is 10.1 Å². The molecule has 0 atom stereocenters. The second-order valence-electron chi connectivity index (χ2n) is 7.15. The molecule has 33 heavy (non-hydrogen) atoms. The van der Waals surface area contributed by atoms with Crippen LogP contribution in [0, 0.1) is 5.82 Å². The third-order valence-electron chi connectivity index (χ3n) is 4.79. The number of carbonyl (C=O) groups is 2. The fraction of sp³-hybridized carbons (Fsp3) is 0.0455. The summed E-state index contributed by atoms with van der Waals surface area (Å²) in [6, 6.07) is 14.3. The zero-order chi connectivity index (χ0) is 23.8. The van der Waals surface area contributed by atoms with Gasteiger partial charge in [0.05, 0.1) is 16.8 Å². The third-order valence-corrected chi connectivity index (χ3v) is 6.11. The van der Waals surface area contributed by atoms with Crippen molar-refractivity contribution in [3.8, 4) is 0 Å². The summed E-state index contributed by atoms with van der Waals surface area (Å²) in [5.41, 5.74) is 0.987. The Morgan fingerprint density at radius 2 is 1.79 bits per heavy atom. The standard InChI is InChI=1S/C22H16ClFN4O4S/c23-18-4-2-1-3-14(18)9-21(29)26-16-10-19-17(20(11-16)33(25,31)32)12-28(27-19)22(30)13-5-7-15(24)8-6-13/h1-8,10-12H,9H2,(H,26,29)(H2,25,31,32). The number of nitrogens with two attached hydrogens (primary N) is 1. The predicted octanol–water partition coefficient (Wildman–Crippen LogP) is 3.35. The number of benzene rings is 3. The maximum Gasteiger partial charge on any atom is 0.278 e. The average molecular weight is 487 g/mol. The zero-order valence-corrected chi connectivity index (χ0v) is 18.4. The number of hydrogen-bond acceptors (Lipinski definition) is 5. The summed E-state index contributed by atoms with van der Waals surface area (Å²) in [5.74, 6) is -1.55. The molecule has 1 heterocycles. The van der Waals surface area contributed by atoms with Gasteiger partial charge in [0, 0.05) is 27.9 Å². The summed E-state index contributed by atoms with van der Waals surface area (Å²) in [5, 5.41) is 12.6. The molecule has 1 amide bonds. The number of aromatic nitrogens is 2. The van der Waals surface area contributed by atoms with E-state index in [2.05, 4.69) is 10.4 Å². The Balaban J connectivity index is 1.70. The minimum absolute atomic E-state index is 0.0418. The van der Waals surface area contributed by atoms with Gasteiger partial charge >= 0.3 is 0 Å². The Morgan fingerprint density at radius 1 is 1.09 bits per heavy atom. The van der Waals surface area contributed by atoms with Gasteiger partial charge in [0.1, 0.15) is 5.82 Å². The van der Waals surface area contributed by atoms with E-state index in [0.29, 0.717) is 10.6 Å². The van der Waals surface area contributed by atoms with Crippen molar-refractivity contribution in [3.63, 3.8) is 0 Å². The number of anilines is 1. The predicted molar refractivity (Wildman–Crippen MR) is 121 cm³/mol. The van der Waals surface area contributed by atoms with E-state index in [1.54, 1.807) is 24.3 Å². The van der Waals surface area contributed by atoms with Crippen molar-refractivity contribution in [2.75, 3.05) is 5.32 Å². The lowest BCUT2D eigenvalue weighted by atomic mass is 10.1. The van der Waals surface area contributed by atoms with E-state index in [1.165, 1.54) is 30.5 Å². The maximum atomic E-state index is 13.2. The fourth-order valence-electron chi connectivity index (χ4n) is 3.25. The minimum Gasteiger partial charge on any atom is -0.326 e. The molecule has 0 spiro atoms. The van der Waals surface area contributed by atoms with E-state index >= 15 is 0 Å². The molecule has 8 nitrogen and oxygen atoms in total. The van der Waals surface area contributed by atoms with Crippen molar-refractivity contribution < 1.29 is 22.4 Å². The molecule has 4 rings (SSSR count). The van der Waals surface area contributed by atoms with Crippen LogP contribution in [0.1, 0.15) is 15.9 Å². The van der Waals surface area contributed by atoms with Gasteiger partial charge in [-0.2, -0.15) is 5.10 Å². The zero-order valence-electron chi connectivity index (χ0n) is 16.8. The van der Waals surface area contributed by atoms with Gasteiger partial charge in [0.2, 0.25) is 15.9 Å². The van der Waals surface area contributed by atoms with Crippen LogP contribution in [0.5, 0.6) is 0 Å². The Morgan fingerprint density at radius 3 is 2.45 bits per heavy atom. The first-order valence-electron chi connectivity index (χ1n) is 9.51. The highest BCUT2D eigenvalue weighted by molar-refractivity contribution is 7.89. The van der Waals surface area contributed by atoms with Crippen LogP contribution in [0.25, 0.3) is 10.9 Å². The van der Waals surface area contributed by atoms with Gasteiger partial charge in [-0.05, 0) is 48.0 Å². The van der Waals surface area contributed by atoms with Crippen LogP contribution in [0.15, 0.2) is 71.8 Å². The summed E-state index contributed by atoms with van der Waals surface area (Å²) >= 11 is 6.08. The lowest BCUT2D eigenvalue weighted by Crippen LogP contribution is -2.16. The van der Waals surface area contributed by atoms with Gasteiger partial charge in [0.25, 0.3) is 5.91 Å². The van der Waals surface area contributed by atoms with Gasteiger partial charge in [0.15, 0.2) is 0 Å². The number of amides is 1. The third kappa shape index (κ3) is 4.92. The van der Waals surface area contributed by atoms with E-state index in [0.717, 1.165) is 16.8 Å². The lowest BCUT2D eigenvalue weighted by molar-refractivity contribution is -0.115. The van der Waals surface area contributed by atoms with E-state index in [9.17, 15) is 22.4 Å². The van der Waals surface area contributed by atoms with Gasteiger partial charge in [-0.1, -0.05) is 29.8 Å². The van der Waals surface area contributed by atoms with E-state index in [-0.39, 0.29) is 33.5 Å². The summed E-state index contributed by atoms with van der Waals surface area (Å²) in [6.45, 7) is 0. The summed E-state index contributed by atoms with van der Waals surface area (Å²) in [6.07, 6.45) is 1.18. The number of sulfonamides is 1. The van der Waals surface area contributed by atoms with Gasteiger partial charge in [-0.3, -0.25) is 9.59 Å². The molecule has 0 saturated carbocycles. The first-order chi connectivity index (χ1) is 15.6. The van der Waals surface area contributed by atoms with Crippen LogP contribution in [0.3, 0.4) is 0 Å². The van der Waals surface area contributed by atoms with Crippen LogP contribution < -0.4 is 10.5 Å². The van der Waals surface area contributed by atoms with Crippen molar-refractivity contribution in [1.82, 2.24) is 9.78 Å². The monoisotopic (exact) mass is 486 g/mol. The summed E-state index contributed by atoms with van der Waals surface area (Å²) in [7, 11) is -4.22. The molecule has 0 unspecified atom stereocenters. The Kier molecular flexibility index (Phi) is 5.98. The topological polar surface area (TPSA) is 124 Å². The largest absolute Gasteiger partial charge is 0.326 e. The molecule has 1 aromatic heterocycles. The highest BCUT2D eigenvalue weighted by Gasteiger charge is 2.20. The fourth-order valence-corrected chi connectivity index (χ4v) is 4.21. The molecular formula is C22H16ClFN4O4S. The Labute approximate surface area is 192 Å². The smallest absolute Gasteiger partial charge is 0.278 e. The Hall–Kier alpha value is -3.60. The van der Waals surface area contributed by atoms with Gasteiger partial charge in [-0.25, -0.2) is 22.6 Å². The van der Waals surface area contributed by atoms with Crippen molar-refractivity contribution >= 4 is 50.0 Å². The number of fused-ring (bicyclic) bond motifs is 1. The van der Waals surface area contributed by atoms with E-state index in [4.69, 9.17) is 16.7 Å². The number of hydrogen-bond donors (Lipinski definition) is 2. The van der Waals surface area contributed by atoms with Crippen LogP contribution in [0.2, 0.25) is 5.02 Å². The van der Waals surface area contributed by atoms with Crippen LogP contribution in [-0.4, -0.2) is 30.0 Å². The SMILES string of the molecule is NS(=O)(=O)c1cc(NC(=O)Cc2ccccc2Cl)cc2nn(C(=O)c3ccc(F)cc3)cc12. The van der Waals surface area contributed by atoms with Crippen molar-refractivity contribution in [2.24, 2.45) is 5.14 Å². The van der Waals surface area contributed by atoms with Crippen molar-refractivity contribution in [1.29, 1.82) is 0 Å². The quantitative estimate of drug-likeness (QED) is 0.447.